The molecule has 3 amide bonds. The summed E-state index contributed by atoms with van der Waals surface area (Å²) in [6.45, 7) is 4.81. The first-order valence-electron chi connectivity index (χ1n) is 12.6. The quantitative estimate of drug-likeness (QED) is 0.595. The number of carboxylic acid groups (broad SMARTS) is 1. The lowest BCUT2D eigenvalue weighted by Crippen LogP contribution is -2.65. The molecule has 2 heterocycles. The SMILES string of the molecule is Cc1cccc(C(=O)N2CCCN(C(=O)C3CCCO3)C2C(=O)NC(CC(=O)O)c2cccc(C)c2)c1. The number of aliphatic carboxylic acids is 1. The van der Waals surface area contributed by atoms with Gasteiger partial charge in [-0.3, -0.25) is 19.2 Å². The summed E-state index contributed by atoms with van der Waals surface area (Å²) in [5, 5.41) is 12.4. The van der Waals surface area contributed by atoms with Gasteiger partial charge in [0, 0.05) is 25.3 Å². The minimum atomic E-state index is -1.22. The van der Waals surface area contributed by atoms with Crippen LogP contribution in [-0.2, 0) is 19.1 Å². The van der Waals surface area contributed by atoms with Crippen LogP contribution in [0.5, 0.6) is 0 Å². The topological polar surface area (TPSA) is 116 Å². The zero-order valence-electron chi connectivity index (χ0n) is 21.2. The standard InChI is InChI=1S/C28H33N3O6/c1-18-7-3-9-20(15-18)22(17-24(32)33)29-25(34)26-30(27(35)21-10-4-8-19(2)16-21)12-6-13-31(26)28(36)23-11-5-14-37-23/h3-4,7-10,15-16,22-23,26H,5-6,11-14,17H2,1-2H3,(H,29,34)(H,32,33). The van der Waals surface area contributed by atoms with Crippen molar-refractivity contribution in [2.45, 2.75) is 57.8 Å². The maximum atomic E-state index is 13.9. The lowest BCUT2D eigenvalue weighted by atomic mass is 10.0. The molecule has 9 nitrogen and oxygen atoms in total. The minimum absolute atomic E-state index is 0.286. The van der Waals surface area contributed by atoms with Gasteiger partial charge in [-0.25, -0.2) is 0 Å². The molecule has 4 rings (SSSR count). The highest BCUT2D eigenvalue weighted by atomic mass is 16.5. The molecule has 3 unspecified atom stereocenters. The number of nitrogens with one attached hydrogen (secondary N) is 1. The van der Waals surface area contributed by atoms with Gasteiger partial charge >= 0.3 is 5.97 Å². The number of carbonyl (C=O) groups excluding carboxylic acids is 3. The Hall–Kier alpha value is -3.72. The summed E-state index contributed by atoms with van der Waals surface area (Å²) in [6, 6.07) is 13.5. The lowest BCUT2D eigenvalue weighted by molar-refractivity contribution is -0.156. The third kappa shape index (κ3) is 6.17. The highest BCUT2D eigenvalue weighted by Gasteiger charge is 2.43. The Morgan fingerprint density at radius 1 is 1.00 bits per heavy atom. The second-order valence-electron chi connectivity index (χ2n) is 9.70. The lowest BCUT2D eigenvalue weighted by Gasteiger charge is -2.43. The predicted molar refractivity (Wildman–Crippen MR) is 136 cm³/mol. The van der Waals surface area contributed by atoms with Crippen molar-refractivity contribution in [3.8, 4) is 0 Å². The second-order valence-corrected chi connectivity index (χ2v) is 9.70. The fourth-order valence-electron chi connectivity index (χ4n) is 5.01. The Balaban J connectivity index is 1.68. The second kappa shape index (κ2) is 11.6. The molecule has 3 atom stereocenters. The van der Waals surface area contributed by atoms with E-state index in [4.69, 9.17) is 4.74 Å². The maximum absolute atomic E-state index is 13.9. The third-order valence-electron chi connectivity index (χ3n) is 6.78. The summed E-state index contributed by atoms with van der Waals surface area (Å²) in [4.78, 5) is 55.4. The number of ether oxygens (including phenoxy) is 1. The highest BCUT2D eigenvalue weighted by Crippen LogP contribution is 2.25. The normalized spacial score (nSPS) is 20.4. The van der Waals surface area contributed by atoms with E-state index in [0.29, 0.717) is 37.1 Å². The van der Waals surface area contributed by atoms with Gasteiger partial charge in [-0.1, -0.05) is 47.5 Å². The van der Waals surface area contributed by atoms with E-state index in [9.17, 15) is 24.3 Å². The molecule has 2 N–H and O–H groups in total. The summed E-state index contributed by atoms with van der Waals surface area (Å²) < 4.78 is 5.60. The van der Waals surface area contributed by atoms with Gasteiger partial charge in [-0.05, 0) is 50.8 Å². The van der Waals surface area contributed by atoms with Gasteiger partial charge in [0.15, 0.2) is 6.17 Å². The molecule has 2 aliphatic heterocycles. The molecule has 37 heavy (non-hydrogen) atoms. The molecule has 0 spiro atoms. The Kier molecular flexibility index (Phi) is 8.23. The van der Waals surface area contributed by atoms with Gasteiger partial charge in [0.1, 0.15) is 6.10 Å². The van der Waals surface area contributed by atoms with E-state index in [0.717, 1.165) is 17.5 Å². The van der Waals surface area contributed by atoms with Gasteiger partial charge in [0.05, 0.1) is 12.5 Å². The minimum Gasteiger partial charge on any atom is -0.481 e. The molecule has 2 fully saturated rings. The number of hydrogen-bond acceptors (Lipinski definition) is 5. The Bertz CT molecular complexity index is 1180. The smallest absolute Gasteiger partial charge is 0.305 e. The Morgan fingerprint density at radius 3 is 2.35 bits per heavy atom. The van der Waals surface area contributed by atoms with Crippen LogP contribution in [0.3, 0.4) is 0 Å². The number of hydrogen-bond donors (Lipinski definition) is 2. The number of nitrogens with zero attached hydrogens (tertiary/aromatic N) is 2. The number of carbonyl (C=O) groups is 4. The van der Waals surface area contributed by atoms with Gasteiger partial charge in [-0.2, -0.15) is 0 Å². The molecular weight excluding hydrogens is 474 g/mol. The van der Waals surface area contributed by atoms with Gasteiger partial charge in [0.2, 0.25) is 0 Å². The summed E-state index contributed by atoms with van der Waals surface area (Å²) in [5.74, 6) is -2.36. The molecule has 2 aliphatic rings. The Labute approximate surface area is 216 Å². The van der Waals surface area contributed by atoms with Crippen LogP contribution in [0.15, 0.2) is 48.5 Å². The number of rotatable bonds is 7. The van der Waals surface area contributed by atoms with Crippen LogP contribution < -0.4 is 5.32 Å². The molecule has 9 heteroatoms. The molecule has 0 saturated carbocycles. The number of aryl methyl sites for hydroxylation is 2. The van der Waals surface area contributed by atoms with Crippen molar-refractivity contribution in [2.75, 3.05) is 19.7 Å². The van der Waals surface area contributed by atoms with Crippen molar-refractivity contribution >= 4 is 23.7 Å². The number of carboxylic acids is 1. The fraction of sp³-hybridized carbons (Fsp3) is 0.429. The van der Waals surface area contributed by atoms with E-state index in [1.54, 1.807) is 30.3 Å². The van der Waals surface area contributed by atoms with Gasteiger partial charge in [0.25, 0.3) is 17.7 Å². The first-order valence-corrected chi connectivity index (χ1v) is 12.6. The van der Waals surface area contributed by atoms with Crippen molar-refractivity contribution in [1.29, 1.82) is 0 Å². The molecule has 2 saturated heterocycles. The summed E-state index contributed by atoms with van der Waals surface area (Å²) in [7, 11) is 0. The molecule has 0 radical (unpaired) electrons. The molecule has 0 bridgehead atoms. The predicted octanol–water partition coefficient (Wildman–Crippen LogP) is 2.82. The van der Waals surface area contributed by atoms with Crippen molar-refractivity contribution in [1.82, 2.24) is 15.1 Å². The van der Waals surface area contributed by atoms with E-state index in [2.05, 4.69) is 5.32 Å². The van der Waals surface area contributed by atoms with Crippen LogP contribution in [0.4, 0.5) is 0 Å². The first-order chi connectivity index (χ1) is 17.7. The average molecular weight is 508 g/mol. The molecule has 2 aromatic carbocycles. The van der Waals surface area contributed by atoms with E-state index < -0.39 is 30.2 Å². The van der Waals surface area contributed by atoms with Crippen LogP contribution in [0.25, 0.3) is 0 Å². The van der Waals surface area contributed by atoms with Crippen molar-refractivity contribution in [3.05, 3.63) is 70.8 Å². The van der Waals surface area contributed by atoms with E-state index in [-0.39, 0.29) is 24.8 Å². The van der Waals surface area contributed by atoms with Crippen molar-refractivity contribution in [2.24, 2.45) is 0 Å². The van der Waals surface area contributed by atoms with Crippen LogP contribution in [0.1, 0.15) is 58.8 Å². The van der Waals surface area contributed by atoms with Crippen LogP contribution in [-0.4, -0.2) is 70.6 Å². The monoisotopic (exact) mass is 507 g/mol. The molecule has 0 aliphatic carbocycles. The highest BCUT2D eigenvalue weighted by molar-refractivity contribution is 5.99. The fourth-order valence-corrected chi connectivity index (χ4v) is 5.01. The van der Waals surface area contributed by atoms with Gasteiger partial charge in [-0.15, -0.1) is 0 Å². The van der Waals surface area contributed by atoms with Crippen molar-refractivity contribution in [3.63, 3.8) is 0 Å². The molecule has 196 valence electrons. The van der Waals surface area contributed by atoms with E-state index >= 15 is 0 Å². The van der Waals surface area contributed by atoms with Crippen LogP contribution >= 0.6 is 0 Å². The maximum Gasteiger partial charge on any atom is 0.305 e. The number of benzene rings is 2. The van der Waals surface area contributed by atoms with E-state index in [1.807, 2.05) is 32.0 Å². The zero-order valence-corrected chi connectivity index (χ0v) is 21.2. The van der Waals surface area contributed by atoms with Crippen molar-refractivity contribution < 1.29 is 29.0 Å². The Morgan fingerprint density at radius 2 is 1.70 bits per heavy atom. The third-order valence-corrected chi connectivity index (χ3v) is 6.78. The summed E-state index contributed by atoms with van der Waals surface area (Å²) in [5.41, 5.74) is 2.88. The largest absolute Gasteiger partial charge is 0.481 e. The zero-order chi connectivity index (χ0) is 26.5. The van der Waals surface area contributed by atoms with Gasteiger partial charge < -0.3 is 25.0 Å². The van der Waals surface area contributed by atoms with E-state index in [1.165, 1.54) is 9.80 Å². The molecule has 0 aromatic heterocycles. The average Bonchev–Trinajstić information content (AvgIpc) is 3.42. The van der Waals surface area contributed by atoms with Crippen LogP contribution in [0.2, 0.25) is 0 Å². The van der Waals surface area contributed by atoms with Crippen LogP contribution in [0, 0.1) is 13.8 Å². The number of amides is 3. The summed E-state index contributed by atoms with van der Waals surface area (Å²) in [6.07, 6.45) is -0.402. The summed E-state index contributed by atoms with van der Waals surface area (Å²) >= 11 is 0. The molecular formula is C28H33N3O6. The molecule has 2 aromatic rings. The first kappa shape index (κ1) is 26.3.